The van der Waals surface area contributed by atoms with Gasteiger partial charge in [-0.25, -0.2) is 0 Å². The van der Waals surface area contributed by atoms with Crippen LogP contribution in [-0.4, -0.2) is 80.2 Å². The van der Waals surface area contributed by atoms with E-state index < -0.39 is 17.7 Å². The first-order valence-corrected chi connectivity index (χ1v) is 12.2. The maximum absolute atomic E-state index is 13.3. The van der Waals surface area contributed by atoms with Crippen LogP contribution in [0, 0.1) is 0 Å². The zero-order valence-electron chi connectivity index (χ0n) is 21.4. The number of carbonyl (C=O) groups excluding carboxylic acids is 2. The number of ketones is 1. The van der Waals surface area contributed by atoms with E-state index in [2.05, 4.69) is 6.58 Å². The van der Waals surface area contributed by atoms with E-state index in [0.717, 1.165) is 0 Å². The second-order valence-corrected chi connectivity index (χ2v) is 8.89. The lowest BCUT2D eigenvalue weighted by atomic mass is 9.94. The van der Waals surface area contributed by atoms with Crippen molar-refractivity contribution in [3.63, 3.8) is 0 Å². The number of hydrogen-bond acceptors (Lipinski definition) is 8. The van der Waals surface area contributed by atoms with Gasteiger partial charge in [0, 0.05) is 18.7 Å². The molecule has 1 unspecified atom stereocenters. The van der Waals surface area contributed by atoms with E-state index in [-0.39, 0.29) is 11.3 Å². The number of rotatable bonds is 10. The molecule has 4 rings (SSSR count). The van der Waals surface area contributed by atoms with Crippen molar-refractivity contribution in [2.45, 2.75) is 13.0 Å². The summed E-state index contributed by atoms with van der Waals surface area (Å²) in [6.07, 6.45) is 1.63. The Hall–Kier alpha value is -3.98. The topological polar surface area (TPSA) is 97.8 Å². The van der Waals surface area contributed by atoms with E-state index in [1.165, 1.54) is 4.90 Å². The van der Waals surface area contributed by atoms with Crippen LogP contribution in [0.4, 0.5) is 0 Å². The fraction of sp³-hybridized carbons (Fsp3) is 0.357. The van der Waals surface area contributed by atoms with Crippen LogP contribution in [0.5, 0.6) is 23.0 Å². The molecular formula is C28H32N2O7. The molecule has 2 aliphatic heterocycles. The largest absolute Gasteiger partial charge is 0.507 e. The quantitative estimate of drug-likeness (QED) is 0.226. The van der Waals surface area contributed by atoms with Gasteiger partial charge in [0.1, 0.15) is 25.6 Å². The number of carbonyl (C=O) groups is 2. The highest BCUT2D eigenvalue weighted by molar-refractivity contribution is 6.46. The molecule has 37 heavy (non-hydrogen) atoms. The van der Waals surface area contributed by atoms with Crippen LogP contribution in [0.15, 0.2) is 54.6 Å². The lowest BCUT2D eigenvalue weighted by molar-refractivity contribution is -0.140. The number of ether oxygens (including phenoxy) is 4. The molecule has 1 amide bonds. The van der Waals surface area contributed by atoms with Crippen molar-refractivity contribution in [2.75, 3.05) is 53.6 Å². The van der Waals surface area contributed by atoms with Crippen LogP contribution in [0.1, 0.15) is 24.1 Å². The molecule has 2 heterocycles. The van der Waals surface area contributed by atoms with Gasteiger partial charge >= 0.3 is 0 Å². The maximum Gasteiger partial charge on any atom is 0.295 e. The first kappa shape index (κ1) is 26.1. The molecule has 0 spiro atoms. The van der Waals surface area contributed by atoms with Gasteiger partial charge in [-0.05, 0) is 56.9 Å². The minimum Gasteiger partial charge on any atom is -0.507 e. The number of nitrogens with zero attached hydrogens (tertiary/aromatic N) is 2. The van der Waals surface area contributed by atoms with Crippen molar-refractivity contribution < 1.29 is 33.6 Å². The summed E-state index contributed by atoms with van der Waals surface area (Å²) in [5, 5.41) is 11.4. The molecule has 0 saturated carbocycles. The van der Waals surface area contributed by atoms with E-state index in [1.807, 2.05) is 25.9 Å². The molecule has 2 aromatic carbocycles. The van der Waals surface area contributed by atoms with Crippen LogP contribution in [0.3, 0.4) is 0 Å². The maximum atomic E-state index is 13.3. The Labute approximate surface area is 216 Å². The number of hydrogen-bond donors (Lipinski definition) is 1. The molecule has 1 atom stereocenters. The number of Topliss-reactive ketones (excluding diaryl/α,β-unsaturated/α-hetero) is 1. The van der Waals surface area contributed by atoms with Crippen molar-refractivity contribution in [3.05, 3.63) is 65.8 Å². The SMILES string of the molecule is C=CCOc1ccc(C2/C(=C(\O)c3ccc4c(c3)OCCO4)C(=O)C(=O)N2CCN(C)C)cc1OCC. The number of likely N-dealkylation sites (N-methyl/N-ethyl adjacent to an activating group) is 1. The average Bonchev–Trinajstić information content (AvgIpc) is 3.15. The van der Waals surface area contributed by atoms with E-state index in [9.17, 15) is 14.7 Å². The Kier molecular flexibility index (Phi) is 8.03. The van der Waals surface area contributed by atoms with E-state index in [1.54, 1.807) is 42.5 Å². The van der Waals surface area contributed by atoms with Gasteiger partial charge < -0.3 is 33.9 Å². The van der Waals surface area contributed by atoms with E-state index >= 15 is 0 Å². The molecule has 0 bridgehead atoms. The van der Waals surface area contributed by atoms with Crippen LogP contribution < -0.4 is 18.9 Å². The molecule has 1 saturated heterocycles. The van der Waals surface area contributed by atoms with Crippen LogP contribution in [-0.2, 0) is 9.59 Å². The smallest absolute Gasteiger partial charge is 0.295 e. The van der Waals surface area contributed by atoms with Gasteiger partial charge in [-0.15, -0.1) is 0 Å². The number of aliphatic hydroxyl groups is 1. The third kappa shape index (κ3) is 5.41. The summed E-state index contributed by atoms with van der Waals surface area (Å²) in [6.45, 7) is 7.86. The summed E-state index contributed by atoms with van der Waals surface area (Å²) in [4.78, 5) is 29.9. The highest BCUT2D eigenvalue weighted by Crippen LogP contribution is 2.43. The fourth-order valence-corrected chi connectivity index (χ4v) is 4.34. The van der Waals surface area contributed by atoms with Crippen molar-refractivity contribution in [1.29, 1.82) is 0 Å². The Balaban J connectivity index is 1.83. The molecule has 2 aromatic rings. The first-order chi connectivity index (χ1) is 17.8. The van der Waals surface area contributed by atoms with Crippen molar-refractivity contribution in [2.24, 2.45) is 0 Å². The predicted octanol–water partition coefficient (Wildman–Crippen LogP) is 3.40. The minimum absolute atomic E-state index is 0.00245. The second-order valence-electron chi connectivity index (χ2n) is 8.89. The number of amides is 1. The fourth-order valence-electron chi connectivity index (χ4n) is 4.34. The number of aliphatic hydroxyl groups excluding tert-OH is 1. The summed E-state index contributed by atoms with van der Waals surface area (Å²) in [5.41, 5.74) is 0.977. The predicted molar refractivity (Wildman–Crippen MR) is 138 cm³/mol. The highest BCUT2D eigenvalue weighted by atomic mass is 16.6. The number of fused-ring (bicyclic) bond motifs is 1. The monoisotopic (exact) mass is 508 g/mol. The minimum atomic E-state index is -0.819. The van der Waals surface area contributed by atoms with Crippen LogP contribution in [0.2, 0.25) is 0 Å². The van der Waals surface area contributed by atoms with Gasteiger partial charge in [0.2, 0.25) is 0 Å². The number of benzene rings is 2. The Morgan fingerprint density at radius 2 is 1.86 bits per heavy atom. The molecule has 1 fully saturated rings. The summed E-state index contributed by atoms with van der Waals surface area (Å²) < 4.78 is 22.7. The normalized spacial score (nSPS) is 18.3. The second kappa shape index (κ2) is 11.4. The third-order valence-electron chi connectivity index (χ3n) is 6.08. The van der Waals surface area contributed by atoms with Crippen molar-refractivity contribution in [1.82, 2.24) is 9.80 Å². The standard InChI is InChI=1S/C28H32N2O7/c1-5-13-35-20-9-7-18(16-22(20)34-6-2)25-24(27(32)28(33)30(25)12-11-29(3)4)26(31)19-8-10-21-23(17-19)37-15-14-36-21/h5,7-10,16-17,25,31H,1,6,11-15H2,2-4H3/b26-24+. The molecule has 9 heteroatoms. The molecular weight excluding hydrogens is 476 g/mol. The molecule has 1 N–H and O–H groups in total. The van der Waals surface area contributed by atoms with E-state index in [4.69, 9.17) is 18.9 Å². The molecule has 2 aliphatic rings. The van der Waals surface area contributed by atoms with Gasteiger partial charge in [-0.2, -0.15) is 0 Å². The van der Waals surface area contributed by atoms with Gasteiger partial charge in [-0.3, -0.25) is 9.59 Å². The third-order valence-corrected chi connectivity index (χ3v) is 6.08. The average molecular weight is 509 g/mol. The Bertz CT molecular complexity index is 1220. The van der Waals surface area contributed by atoms with Gasteiger partial charge in [0.05, 0.1) is 18.2 Å². The molecule has 0 radical (unpaired) electrons. The summed E-state index contributed by atoms with van der Waals surface area (Å²) in [5.74, 6) is 0.315. The van der Waals surface area contributed by atoms with Crippen molar-refractivity contribution in [3.8, 4) is 23.0 Å². The Morgan fingerprint density at radius 3 is 2.57 bits per heavy atom. The van der Waals surface area contributed by atoms with Crippen LogP contribution >= 0.6 is 0 Å². The zero-order valence-corrected chi connectivity index (χ0v) is 21.4. The highest BCUT2D eigenvalue weighted by Gasteiger charge is 2.46. The number of likely N-dealkylation sites (tertiary alicyclic amines) is 1. The first-order valence-electron chi connectivity index (χ1n) is 12.2. The van der Waals surface area contributed by atoms with Crippen LogP contribution in [0.25, 0.3) is 5.76 Å². The van der Waals surface area contributed by atoms with E-state index in [0.29, 0.717) is 73.6 Å². The molecule has 196 valence electrons. The molecule has 0 aromatic heterocycles. The lowest BCUT2D eigenvalue weighted by Crippen LogP contribution is -2.35. The summed E-state index contributed by atoms with van der Waals surface area (Å²) in [7, 11) is 3.78. The van der Waals surface area contributed by atoms with Gasteiger partial charge in [0.25, 0.3) is 11.7 Å². The Morgan fingerprint density at radius 1 is 1.11 bits per heavy atom. The molecule has 0 aliphatic carbocycles. The zero-order chi connectivity index (χ0) is 26.5. The van der Waals surface area contributed by atoms with Gasteiger partial charge in [0.15, 0.2) is 23.0 Å². The van der Waals surface area contributed by atoms with Gasteiger partial charge in [-0.1, -0.05) is 18.7 Å². The molecule has 9 nitrogen and oxygen atoms in total. The summed E-state index contributed by atoms with van der Waals surface area (Å²) >= 11 is 0. The van der Waals surface area contributed by atoms with Crippen molar-refractivity contribution >= 4 is 17.4 Å². The lowest BCUT2D eigenvalue weighted by Gasteiger charge is -2.27. The summed E-state index contributed by atoms with van der Waals surface area (Å²) in [6, 6.07) is 9.38.